The Kier molecular flexibility index (Phi) is 4.22. The van der Waals surface area contributed by atoms with Gasteiger partial charge in [0, 0.05) is 5.75 Å². The number of carbonyl (C=O) groups excluding carboxylic acids is 1. The van der Waals surface area contributed by atoms with E-state index in [1.54, 1.807) is 25.1 Å². The van der Waals surface area contributed by atoms with Crippen LogP contribution in [0.5, 0.6) is 5.75 Å². The molecule has 1 aromatic heterocycles. The van der Waals surface area contributed by atoms with Crippen LogP contribution in [0, 0.1) is 0 Å². The summed E-state index contributed by atoms with van der Waals surface area (Å²) in [5.41, 5.74) is 6.32. The van der Waals surface area contributed by atoms with Crippen molar-refractivity contribution in [3.8, 4) is 5.75 Å². The van der Waals surface area contributed by atoms with E-state index in [9.17, 15) is 4.79 Å². The Labute approximate surface area is 113 Å². The number of thiazole rings is 1. The van der Waals surface area contributed by atoms with Gasteiger partial charge in [0.25, 0.3) is 5.91 Å². The van der Waals surface area contributed by atoms with Crippen LogP contribution in [0.4, 0.5) is 0 Å². The Morgan fingerprint density at radius 3 is 3.06 bits per heavy atom. The zero-order chi connectivity index (χ0) is 13.0. The molecule has 0 saturated carbocycles. The highest BCUT2D eigenvalue weighted by molar-refractivity contribution is 8.00. The summed E-state index contributed by atoms with van der Waals surface area (Å²) >= 11 is 2.94. The summed E-state index contributed by atoms with van der Waals surface area (Å²) in [6.07, 6.45) is 1.68. The van der Waals surface area contributed by atoms with Crippen molar-refractivity contribution in [2.75, 3.05) is 7.11 Å². The van der Waals surface area contributed by atoms with Gasteiger partial charge in [0.2, 0.25) is 0 Å². The summed E-state index contributed by atoms with van der Waals surface area (Å²) < 4.78 is 6.14. The van der Waals surface area contributed by atoms with Crippen LogP contribution < -0.4 is 10.5 Å². The van der Waals surface area contributed by atoms with Crippen LogP contribution in [0.25, 0.3) is 0 Å². The van der Waals surface area contributed by atoms with E-state index in [4.69, 9.17) is 10.5 Å². The molecule has 4 nitrogen and oxygen atoms in total. The molecule has 2 aromatic rings. The van der Waals surface area contributed by atoms with Crippen molar-refractivity contribution in [2.24, 2.45) is 5.73 Å². The molecule has 0 saturated heterocycles. The number of rotatable bonds is 5. The lowest BCUT2D eigenvalue weighted by atomic mass is 10.2. The van der Waals surface area contributed by atoms with E-state index in [-0.39, 0.29) is 0 Å². The van der Waals surface area contributed by atoms with E-state index >= 15 is 0 Å². The molecule has 0 bridgehead atoms. The van der Waals surface area contributed by atoms with E-state index in [0.29, 0.717) is 5.01 Å². The van der Waals surface area contributed by atoms with Crippen LogP contribution in [0.2, 0.25) is 0 Å². The Morgan fingerprint density at radius 1 is 1.56 bits per heavy atom. The zero-order valence-corrected chi connectivity index (χ0v) is 11.4. The van der Waals surface area contributed by atoms with Crippen LogP contribution in [0.1, 0.15) is 15.4 Å². The highest BCUT2D eigenvalue weighted by atomic mass is 32.2. The number of benzene rings is 1. The summed E-state index contributed by atoms with van der Waals surface area (Å²) in [5.74, 6) is 1.17. The first-order valence-electron chi connectivity index (χ1n) is 5.20. The molecule has 0 aliphatic rings. The number of aromatic nitrogens is 1. The first kappa shape index (κ1) is 12.9. The molecule has 94 valence electrons. The molecule has 0 spiro atoms. The summed E-state index contributed by atoms with van der Waals surface area (Å²) in [6, 6.07) is 7.89. The normalized spacial score (nSPS) is 10.3. The largest absolute Gasteiger partial charge is 0.497 e. The highest BCUT2D eigenvalue weighted by Gasteiger charge is 2.07. The van der Waals surface area contributed by atoms with Gasteiger partial charge in [-0.25, -0.2) is 4.98 Å². The molecule has 0 fully saturated rings. The van der Waals surface area contributed by atoms with Crippen LogP contribution >= 0.6 is 23.1 Å². The summed E-state index contributed by atoms with van der Waals surface area (Å²) in [5, 5.41) is 0.350. The summed E-state index contributed by atoms with van der Waals surface area (Å²) in [7, 11) is 1.65. The van der Waals surface area contributed by atoms with Crippen LogP contribution in [-0.4, -0.2) is 18.0 Å². The van der Waals surface area contributed by atoms with Gasteiger partial charge in [0.05, 0.1) is 17.5 Å². The van der Waals surface area contributed by atoms with Crippen molar-refractivity contribution in [1.29, 1.82) is 0 Å². The number of nitrogens with zero attached hydrogens (tertiary/aromatic N) is 1. The number of carbonyl (C=O) groups is 1. The lowest BCUT2D eigenvalue weighted by Gasteiger charge is -2.02. The molecule has 0 aliphatic heterocycles. The average Bonchev–Trinajstić information content (AvgIpc) is 2.85. The van der Waals surface area contributed by atoms with Crippen molar-refractivity contribution in [1.82, 2.24) is 4.98 Å². The van der Waals surface area contributed by atoms with E-state index in [0.717, 1.165) is 21.3 Å². The maximum absolute atomic E-state index is 10.9. The Balaban J connectivity index is 1.99. The average molecular weight is 280 g/mol. The number of hydrogen-bond donors (Lipinski definition) is 1. The van der Waals surface area contributed by atoms with Gasteiger partial charge < -0.3 is 10.5 Å². The first-order chi connectivity index (χ1) is 8.69. The third kappa shape index (κ3) is 3.24. The van der Waals surface area contributed by atoms with Crippen molar-refractivity contribution in [3.63, 3.8) is 0 Å². The number of amides is 1. The Morgan fingerprint density at radius 2 is 2.39 bits per heavy atom. The monoisotopic (exact) mass is 280 g/mol. The maximum atomic E-state index is 10.9. The molecule has 6 heteroatoms. The smallest absolute Gasteiger partial charge is 0.277 e. The predicted octanol–water partition coefficient (Wildman–Crippen LogP) is 2.54. The minimum absolute atomic E-state index is 0.350. The fraction of sp³-hybridized carbons (Fsp3) is 0.167. The maximum Gasteiger partial charge on any atom is 0.277 e. The second-order valence-corrected chi connectivity index (χ2v) is 5.80. The minimum Gasteiger partial charge on any atom is -0.497 e. The molecular formula is C12H12N2O2S2. The van der Waals surface area contributed by atoms with Crippen LogP contribution in [-0.2, 0) is 5.75 Å². The quantitative estimate of drug-likeness (QED) is 0.855. The predicted molar refractivity (Wildman–Crippen MR) is 73.2 cm³/mol. The number of nitrogens with two attached hydrogens (primary N) is 1. The molecule has 1 amide bonds. The van der Waals surface area contributed by atoms with Crippen molar-refractivity contribution < 1.29 is 9.53 Å². The molecular weight excluding hydrogens is 268 g/mol. The topological polar surface area (TPSA) is 65.2 Å². The first-order valence-corrected chi connectivity index (χ1v) is 7.00. The van der Waals surface area contributed by atoms with Gasteiger partial charge in [-0.15, -0.1) is 23.1 Å². The van der Waals surface area contributed by atoms with Gasteiger partial charge in [-0.3, -0.25) is 4.79 Å². The number of primary amides is 1. The molecule has 1 aromatic carbocycles. The lowest BCUT2D eigenvalue weighted by molar-refractivity contribution is 0.1000. The molecule has 0 aliphatic carbocycles. The number of hydrogen-bond acceptors (Lipinski definition) is 5. The standard InChI is InChI=1S/C12H12N2O2S2/c1-16-9-4-2-3-8(5-9)7-17-10-6-14-12(18-10)11(13)15/h2-6H,7H2,1H3,(H2,13,15). The molecule has 0 atom stereocenters. The van der Waals surface area contributed by atoms with Crippen LogP contribution in [0.15, 0.2) is 34.7 Å². The van der Waals surface area contributed by atoms with Gasteiger partial charge in [-0.1, -0.05) is 12.1 Å². The molecule has 0 unspecified atom stereocenters. The van der Waals surface area contributed by atoms with Crippen LogP contribution in [0.3, 0.4) is 0 Å². The third-order valence-electron chi connectivity index (χ3n) is 2.21. The van der Waals surface area contributed by atoms with E-state index in [2.05, 4.69) is 4.98 Å². The Bertz CT molecular complexity index is 555. The number of thioether (sulfide) groups is 1. The molecule has 2 rings (SSSR count). The number of ether oxygens (including phenoxy) is 1. The van der Waals surface area contributed by atoms with Gasteiger partial charge >= 0.3 is 0 Å². The van der Waals surface area contributed by atoms with Gasteiger partial charge in [0.15, 0.2) is 5.01 Å². The fourth-order valence-corrected chi connectivity index (χ4v) is 3.12. The van der Waals surface area contributed by atoms with Gasteiger partial charge in [0.1, 0.15) is 5.75 Å². The summed E-state index contributed by atoms with van der Waals surface area (Å²) in [6.45, 7) is 0. The number of methoxy groups -OCH3 is 1. The zero-order valence-electron chi connectivity index (χ0n) is 9.75. The molecule has 2 N–H and O–H groups in total. The SMILES string of the molecule is COc1cccc(CSc2cnc(C(N)=O)s2)c1. The Hall–Kier alpha value is -1.53. The molecule has 0 radical (unpaired) electrons. The minimum atomic E-state index is -0.478. The second kappa shape index (κ2) is 5.88. The molecule has 18 heavy (non-hydrogen) atoms. The van der Waals surface area contributed by atoms with Crippen molar-refractivity contribution in [3.05, 3.63) is 41.0 Å². The van der Waals surface area contributed by atoms with Crippen molar-refractivity contribution in [2.45, 2.75) is 9.96 Å². The summed E-state index contributed by atoms with van der Waals surface area (Å²) in [4.78, 5) is 14.9. The second-order valence-electron chi connectivity index (χ2n) is 3.49. The van der Waals surface area contributed by atoms with E-state index < -0.39 is 5.91 Å². The fourth-order valence-electron chi connectivity index (χ4n) is 1.36. The van der Waals surface area contributed by atoms with E-state index in [1.807, 2.05) is 24.3 Å². The van der Waals surface area contributed by atoms with E-state index in [1.165, 1.54) is 11.3 Å². The van der Waals surface area contributed by atoms with Gasteiger partial charge in [-0.05, 0) is 17.7 Å². The van der Waals surface area contributed by atoms with Crippen molar-refractivity contribution >= 4 is 29.0 Å². The molecule has 1 heterocycles. The van der Waals surface area contributed by atoms with Gasteiger partial charge in [-0.2, -0.15) is 0 Å². The highest BCUT2D eigenvalue weighted by Crippen LogP contribution is 2.28. The third-order valence-corrected chi connectivity index (χ3v) is 4.49. The lowest BCUT2D eigenvalue weighted by Crippen LogP contribution is -2.09.